The molecule has 0 saturated heterocycles. The third kappa shape index (κ3) is 4.30. The van der Waals surface area contributed by atoms with Crippen LogP contribution in [0, 0.1) is 5.82 Å². The lowest BCUT2D eigenvalue weighted by atomic mass is 9.95. The number of hydrogen-bond donors (Lipinski definition) is 1. The molecule has 29 heavy (non-hydrogen) atoms. The fourth-order valence-electron chi connectivity index (χ4n) is 3.73. The van der Waals surface area contributed by atoms with E-state index in [9.17, 15) is 9.18 Å². The van der Waals surface area contributed by atoms with Crippen molar-refractivity contribution < 1.29 is 9.18 Å². The second-order valence-electron chi connectivity index (χ2n) is 7.17. The van der Waals surface area contributed by atoms with Crippen molar-refractivity contribution in [1.29, 1.82) is 0 Å². The maximum atomic E-state index is 13.5. The highest BCUT2D eigenvalue weighted by atomic mass is 32.1. The van der Waals surface area contributed by atoms with Gasteiger partial charge in [-0.05, 0) is 67.0 Å². The van der Waals surface area contributed by atoms with E-state index < -0.39 is 0 Å². The molecule has 0 spiro atoms. The van der Waals surface area contributed by atoms with Gasteiger partial charge in [0, 0.05) is 16.8 Å². The van der Waals surface area contributed by atoms with Gasteiger partial charge in [-0.3, -0.25) is 4.79 Å². The molecule has 3 nitrogen and oxygen atoms in total. The van der Waals surface area contributed by atoms with Crippen LogP contribution in [-0.2, 0) is 19.3 Å². The van der Waals surface area contributed by atoms with Crippen LogP contribution >= 0.6 is 11.3 Å². The van der Waals surface area contributed by atoms with Gasteiger partial charge in [0.25, 0.3) is 5.91 Å². The monoisotopic (exact) mass is 406 g/mol. The van der Waals surface area contributed by atoms with Crippen LogP contribution in [0.15, 0.2) is 53.5 Å². The highest BCUT2D eigenvalue weighted by molar-refractivity contribution is 7.16. The molecule has 0 radical (unpaired) electrons. The summed E-state index contributed by atoms with van der Waals surface area (Å²) in [4.78, 5) is 19.1. The second kappa shape index (κ2) is 8.70. The van der Waals surface area contributed by atoms with Crippen LogP contribution in [0.5, 0.6) is 0 Å². The molecule has 1 heterocycles. The molecule has 0 saturated carbocycles. The fraction of sp³-hybridized carbons (Fsp3) is 0.250. The molecule has 1 N–H and O–H groups in total. The van der Waals surface area contributed by atoms with E-state index in [1.165, 1.54) is 17.0 Å². The molecular weight excluding hydrogens is 383 g/mol. The number of thiophene rings is 1. The zero-order valence-electron chi connectivity index (χ0n) is 16.4. The number of aryl methyl sites for hydroxylation is 2. The predicted octanol–water partition coefficient (Wildman–Crippen LogP) is 6.33. The van der Waals surface area contributed by atoms with Gasteiger partial charge < -0.3 is 5.32 Å². The quantitative estimate of drug-likeness (QED) is 0.494. The lowest BCUT2D eigenvalue weighted by molar-refractivity contribution is 0.102. The van der Waals surface area contributed by atoms with Crippen molar-refractivity contribution in [1.82, 2.24) is 0 Å². The van der Waals surface area contributed by atoms with Gasteiger partial charge in [-0.25, -0.2) is 9.38 Å². The van der Waals surface area contributed by atoms with Crippen LogP contribution in [0.2, 0.25) is 0 Å². The molecule has 0 atom stereocenters. The molecule has 5 heteroatoms. The zero-order valence-corrected chi connectivity index (χ0v) is 17.2. The number of benzene rings is 2. The molecule has 0 unspecified atom stereocenters. The Morgan fingerprint density at radius 2 is 2.00 bits per heavy atom. The third-order valence-electron chi connectivity index (χ3n) is 5.21. The van der Waals surface area contributed by atoms with Crippen LogP contribution in [0.4, 0.5) is 15.1 Å². The van der Waals surface area contributed by atoms with E-state index in [1.54, 1.807) is 29.7 Å². The summed E-state index contributed by atoms with van der Waals surface area (Å²) in [6.45, 7) is 2.08. The number of para-hydroxylation sites is 1. The van der Waals surface area contributed by atoms with Gasteiger partial charge in [0.15, 0.2) is 0 Å². The molecule has 148 valence electrons. The van der Waals surface area contributed by atoms with E-state index in [1.807, 2.05) is 24.3 Å². The van der Waals surface area contributed by atoms with Crippen molar-refractivity contribution in [2.75, 3.05) is 5.32 Å². The topological polar surface area (TPSA) is 41.5 Å². The summed E-state index contributed by atoms with van der Waals surface area (Å²) in [6, 6.07) is 14.2. The Hall–Kier alpha value is -2.79. The number of nitrogens with zero attached hydrogens (tertiary/aromatic N) is 1. The second-order valence-corrected chi connectivity index (χ2v) is 8.25. The lowest BCUT2D eigenvalue weighted by Crippen LogP contribution is -2.15. The Bertz CT molecular complexity index is 1070. The van der Waals surface area contributed by atoms with E-state index in [0.29, 0.717) is 16.1 Å². The van der Waals surface area contributed by atoms with Gasteiger partial charge in [-0.2, -0.15) is 0 Å². The van der Waals surface area contributed by atoms with Gasteiger partial charge in [0.05, 0.1) is 5.56 Å². The van der Waals surface area contributed by atoms with Gasteiger partial charge in [0.2, 0.25) is 0 Å². The van der Waals surface area contributed by atoms with E-state index in [4.69, 9.17) is 0 Å². The molecule has 0 bridgehead atoms. The molecule has 3 aromatic rings. The Balaban J connectivity index is 1.69. The number of carbonyl (C=O) groups excluding carboxylic acids is 1. The van der Waals surface area contributed by atoms with Crippen LogP contribution in [-0.4, -0.2) is 12.1 Å². The maximum absolute atomic E-state index is 13.5. The third-order valence-corrected chi connectivity index (χ3v) is 6.41. The molecule has 1 amide bonds. The number of carbonyl (C=O) groups is 1. The summed E-state index contributed by atoms with van der Waals surface area (Å²) in [5.41, 5.74) is 4.42. The zero-order chi connectivity index (χ0) is 20.2. The molecule has 2 aromatic carbocycles. The fourth-order valence-corrected chi connectivity index (χ4v) is 4.96. The molecule has 0 aliphatic heterocycles. The highest BCUT2D eigenvalue weighted by Gasteiger charge is 2.25. The molecule has 4 rings (SSSR count). The number of halogens is 1. The van der Waals surface area contributed by atoms with Crippen LogP contribution in [0.3, 0.4) is 0 Å². The van der Waals surface area contributed by atoms with Crippen LogP contribution in [0.1, 0.15) is 51.7 Å². The SMILES string of the molecule is CCc1ccccc1NC(=O)c1c(/N=C/c2cccc(F)c2)sc2c1CCCC2. The minimum Gasteiger partial charge on any atom is -0.322 e. The number of rotatable bonds is 5. The Morgan fingerprint density at radius 1 is 1.17 bits per heavy atom. The van der Waals surface area contributed by atoms with Gasteiger partial charge in [0.1, 0.15) is 10.8 Å². The highest BCUT2D eigenvalue weighted by Crippen LogP contribution is 2.40. The number of amides is 1. The van der Waals surface area contributed by atoms with Crippen molar-refractivity contribution in [2.24, 2.45) is 4.99 Å². The number of fused-ring (bicyclic) bond motifs is 1. The maximum Gasteiger partial charge on any atom is 0.259 e. The summed E-state index contributed by atoms with van der Waals surface area (Å²) in [7, 11) is 0. The Kier molecular flexibility index (Phi) is 5.86. The molecule has 0 fully saturated rings. The summed E-state index contributed by atoms with van der Waals surface area (Å²) in [5.74, 6) is -0.412. The van der Waals surface area contributed by atoms with Crippen LogP contribution < -0.4 is 5.32 Å². The van der Waals surface area contributed by atoms with E-state index >= 15 is 0 Å². The number of nitrogens with one attached hydrogen (secondary N) is 1. The number of aliphatic imine (C=N–C) groups is 1. The van der Waals surface area contributed by atoms with Crippen LogP contribution in [0.25, 0.3) is 0 Å². The Morgan fingerprint density at radius 3 is 2.83 bits per heavy atom. The van der Waals surface area contributed by atoms with Crippen molar-refractivity contribution in [3.63, 3.8) is 0 Å². The van der Waals surface area contributed by atoms with Crippen molar-refractivity contribution in [3.05, 3.63) is 81.5 Å². The van der Waals surface area contributed by atoms with Gasteiger partial charge in [-0.15, -0.1) is 11.3 Å². The normalized spacial score (nSPS) is 13.4. The largest absolute Gasteiger partial charge is 0.322 e. The average Bonchev–Trinajstić information content (AvgIpc) is 3.11. The van der Waals surface area contributed by atoms with E-state index in [0.717, 1.165) is 48.9 Å². The minimum absolute atomic E-state index is 0.114. The lowest BCUT2D eigenvalue weighted by Gasteiger charge is -2.14. The standard InChI is InChI=1S/C24H23FN2OS/c1-2-17-9-3-5-12-20(17)27-23(28)22-19-11-4-6-13-21(19)29-24(22)26-15-16-8-7-10-18(25)14-16/h3,5,7-10,12,14-15H,2,4,6,11,13H2,1H3,(H,27,28)/b26-15+. The van der Waals surface area contributed by atoms with Gasteiger partial charge >= 0.3 is 0 Å². The van der Waals surface area contributed by atoms with E-state index in [-0.39, 0.29) is 11.7 Å². The summed E-state index contributed by atoms with van der Waals surface area (Å²) >= 11 is 1.58. The first-order chi connectivity index (χ1) is 14.2. The molecule has 1 aromatic heterocycles. The smallest absolute Gasteiger partial charge is 0.259 e. The summed E-state index contributed by atoms with van der Waals surface area (Å²) < 4.78 is 13.5. The number of hydrogen-bond acceptors (Lipinski definition) is 3. The van der Waals surface area contributed by atoms with Crippen molar-refractivity contribution in [2.45, 2.75) is 39.0 Å². The first-order valence-electron chi connectivity index (χ1n) is 9.99. The van der Waals surface area contributed by atoms with Crippen molar-refractivity contribution in [3.8, 4) is 0 Å². The summed E-state index contributed by atoms with van der Waals surface area (Å²) in [5, 5.41) is 3.80. The average molecular weight is 407 g/mol. The minimum atomic E-state index is -0.298. The van der Waals surface area contributed by atoms with Gasteiger partial charge in [-0.1, -0.05) is 37.3 Å². The molecule has 1 aliphatic rings. The first kappa shape index (κ1) is 19.5. The summed E-state index contributed by atoms with van der Waals surface area (Å²) in [6.07, 6.45) is 6.60. The van der Waals surface area contributed by atoms with E-state index in [2.05, 4.69) is 17.2 Å². The Labute approximate surface area is 174 Å². The first-order valence-corrected chi connectivity index (χ1v) is 10.8. The molecule has 1 aliphatic carbocycles. The molecular formula is C24H23FN2OS. The predicted molar refractivity (Wildman–Crippen MR) is 118 cm³/mol. The number of anilines is 1. The van der Waals surface area contributed by atoms with Crippen molar-refractivity contribution >= 4 is 34.1 Å².